The van der Waals surface area contributed by atoms with E-state index in [4.69, 9.17) is 0 Å². The summed E-state index contributed by atoms with van der Waals surface area (Å²) in [5.41, 5.74) is 0.901. The van der Waals surface area contributed by atoms with Gasteiger partial charge in [0.15, 0.2) is 0 Å². The van der Waals surface area contributed by atoms with Gasteiger partial charge in [-0.25, -0.2) is 0 Å². The molecular weight excluding hydrogens is 322 g/mol. The largest absolute Gasteiger partial charge is 0.353 e. The van der Waals surface area contributed by atoms with Gasteiger partial charge in [0.1, 0.15) is 0 Å². The van der Waals surface area contributed by atoms with Crippen molar-refractivity contribution >= 4 is 27.7 Å². The van der Waals surface area contributed by atoms with E-state index in [-0.39, 0.29) is 24.8 Å². The number of carbonyl (C=O) groups excluding carboxylic acids is 2. The highest BCUT2D eigenvalue weighted by Crippen LogP contribution is 2.15. The number of rotatable bonds is 7. The number of carbonyl (C=O) groups is 2. The first-order valence-corrected chi connectivity index (χ1v) is 7.20. The Morgan fingerprint density at radius 2 is 1.85 bits per heavy atom. The summed E-state index contributed by atoms with van der Waals surface area (Å²) < 4.78 is 0.894. The summed E-state index contributed by atoms with van der Waals surface area (Å²) in [5.74, 6) is -0.341. The van der Waals surface area contributed by atoms with Crippen LogP contribution in [0.1, 0.15) is 5.56 Å². The monoisotopic (exact) mass is 341 g/mol. The van der Waals surface area contributed by atoms with Crippen LogP contribution >= 0.6 is 15.9 Å². The lowest BCUT2D eigenvalue weighted by atomic mass is 10.1. The van der Waals surface area contributed by atoms with Crippen molar-refractivity contribution in [2.45, 2.75) is 6.42 Å². The maximum atomic E-state index is 11.7. The van der Waals surface area contributed by atoms with Gasteiger partial charge in [0.2, 0.25) is 11.8 Å². The molecule has 1 rings (SSSR count). The highest BCUT2D eigenvalue weighted by molar-refractivity contribution is 9.10. The Hall–Kier alpha value is -1.40. The van der Waals surface area contributed by atoms with Crippen molar-refractivity contribution in [3.63, 3.8) is 0 Å². The number of benzene rings is 1. The minimum Gasteiger partial charge on any atom is -0.353 e. The average Bonchev–Trinajstić information content (AvgIpc) is 2.39. The van der Waals surface area contributed by atoms with Gasteiger partial charge in [-0.2, -0.15) is 0 Å². The summed E-state index contributed by atoms with van der Waals surface area (Å²) in [4.78, 5) is 25.2. The van der Waals surface area contributed by atoms with Crippen molar-refractivity contribution in [2.75, 3.05) is 33.7 Å². The van der Waals surface area contributed by atoms with Crippen molar-refractivity contribution < 1.29 is 9.59 Å². The number of likely N-dealkylation sites (N-methyl/N-ethyl adjacent to an activating group) is 1. The number of hydrogen-bond donors (Lipinski definition) is 2. The van der Waals surface area contributed by atoms with Crippen LogP contribution in [0.15, 0.2) is 28.7 Å². The van der Waals surface area contributed by atoms with Gasteiger partial charge in [0.05, 0.1) is 13.0 Å². The fourth-order valence-electron chi connectivity index (χ4n) is 1.54. The number of amides is 2. The predicted molar refractivity (Wildman–Crippen MR) is 82.4 cm³/mol. The fraction of sp³-hybridized carbons (Fsp3) is 0.429. The van der Waals surface area contributed by atoms with Crippen LogP contribution in [-0.4, -0.2) is 50.4 Å². The Morgan fingerprint density at radius 1 is 1.15 bits per heavy atom. The Bertz CT molecular complexity index is 463. The van der Waals surface area contributed by atoms with Crippen LogP contribution in [0.2, 0.25) is 0 Å². The molecule has 0 bridgehead atoms. The molecule has 1 aromatic carbocycles. The summed E-state index contributed by atoms with van der Waals surface area (Å²) in [6.07, 6.45) is 0.256. The van der Waals surface area contributed by atoms with E-state index in [1.54, 1.807) is 0 Å². The van der Waals surface area contributed by atoms with E-state index >= 15 is 0 Å². The highest BCUT2D eigenvalue weighted by Gasteiger charge is 2.08. The number of nitrogens with zero attached hydrogens (tertiary/aromatic N) is 1. The molecule has 2 amide bonds. The zero-order valence-electron chi connectivity index (χ0n) is 11.8. The van der Waals surface area contributed by atoms with Gasteiger partial charge in [-0.15, -0.1) is 0 Å². The van der Waals surface area contributed by atoms with Gasteiger partial charge in [-0.3, -0.25) is 9.59 Å². The zero-order valence-corrected chi connectivity index (χ0v) is 13.4. The van der Waals surface area contributed by atoms with Crippen LogP contribution in [0.4, 0.5) is 0 Å². The lowest BCUT2D eigenvalue weighted by Gasteiger charge is -2.11. The summed E-state index contributed by atoms with van der Waals surface area (Å²) in [6, 6.07) is 7.53. The molecule has 0 aliphatic rings. The molecule has 0 heterocycles. The van der Waals surface area contributed by atoms with Gasteiger partial charge in [-0.1, -0.05) is 34.1 Å². The van der Waals surface area contributed by atoms with Gasteiger partial charge in [0.25, 0.3) is 0 Å². The van der Waals surface area contributed by atoms with Crippen LogP contribution in [-0.2, 0) is 16.0 Å². The SMILES string of the molecule is CN(C)CCNC(=O)CNC(=O)Cc1ccccc1Br. The Kier molecular flexibility index (Phi) is 7.25. The number of hydrogen-bond acceptors (Lipinski definition) is 3. The molecule has 0 unspecified atom stereocenters. The maximum Gasteiger partial charge on any atom is 0.239 e. The van der Waals surface area contributed by atoms with E-state index in [9.17, 15) is 9.59 Å². The topological polar surface area (TPSA) is 61.4 Å². The molecule has 0 radical (unpaired) electrons. The Balaban J connectivity index is 2.26. The summed E-state index contributed by atoms with van der Waals surface area (Å²) in [7, 11) is 3.87. The number of nitrogens with one attached hydrogen (secondary N) is 2. The minimum atomic E-state index is -0.174. The lowest BCUT2D eigenvalue weighted by Crippen LogP contribution is -2.39. The molecule has 0 atom stereocenters. The van der Waals surface area contributed by atoms with Gasteiger partial charge in [-0.05, 0) is 25.7 Å². The first-order valence-electron chi connectivity index (χ1n) is 6.40. The zero-order chi connectivity index (χ0) is 15.0. The summed E-state index contributed by atoms with van der Waals surface area (Å²) in [5, 5.41) is 5.35. The Labute approximate surface area is 127 Å². The van der Waals surface area contributed by atoms with Crippen molar-refractivity contribution in [1.82, 2.24) is 15.5 Å². The molecule has 110 valence electrons. The normalized spacial score (nSPS) is 10.4. The third-order valence-electron chi connectivity index (χ3n) is 2.64. The highest BCUT2D eigenvalue weighted by atomic mass is 79.9. The predicted octanol–water partition coefficient (Wildman–Crippen LogP) is 0.786. The molecule has 0 aromatic heterocycles. The van der Waals surface area contributed by atoms with Gasteiger partial charge >= 0.3 is 0 Å². The molecular formula is C14H20BrN3O2. The lowest BCUT2D eigenvalue weighted by molar-refractivity contribution is -0.125. The molecule has 0 saturated heterocycles. The molecule has 0 aliphatic carbocycles. The second kappa shape index (κ2) is 8.71. The molecule has 1 aromatic rings. The van der Waals surface area contributed by atoms with E-state index in [1.165, 1.54) is 0 Å². The van der Waals surface area contributed by atoms with Crippen molar-refractivity contribution in [2.24, 2.45) is 0 Å². The first kappa shape index (κ1) is 16.7. The quantitative estimate of drug-likeness (QED) is 0.770. The molecule has 0 fully saturated rings. The molecule has 0 saturated carbocycles. The van der Waals surface area contributed by atoms with Crippen LogP contribution < -0.4 is 10.6 Å². The molecule has 0 spiro atoms. The van der Waals surface area contributed by atoms with Crippen molar-refractivity contribution in [3.05, 3.63) is 34.3 Å². The average molecular weight is 342 g/mol. The van der Waals surface area contributed by atoms with Crippen LogP contribution in [0, 0.1) is 0 Å². The molecule has 6 heteroatoms. The Morgan fingerprint density at radius 3 is 2.50 bits per heavy atom. The summed E-state index contributed by atoms with van der Waals surface area (Å²) in [6.45, 7) is 1.36. The van der Waals surface area contributed by atoms with Crippen LogP contribution in [0.25, 0.3) is 0 Å². The van der Waals surface area contributed by atoms with E-state index < -0.39 is 0 Å². The molecule has 5 nitrogen and oxygen atoms in total. The van der Waals surface area contributed by atoms with Crippen LogP contribution in [0.3, 0.4) is 0 Å². The van der Waals surface area contributed by atoms with Crippen LogP contribution in [0.5, 0.6) is 0 Å². The minimum absolute atomic E-state index is 0.0106. The van der Waals surface area contributed by atoms with E-state index in [0.29, 0.717) is 6.54 Å². The third kappa shape index (κ3) is 6.68. The molecule has 20 heavy (non-hydrogen) atoms. The van der Waals surface area contributed by atoms with Gasteiger partial charge in [0, 0.05) is 17.6 Å². The van der Waals surface area contributed by atoms with E-state index in [2.05, 4.69) is 26.6 Å². The molecule has 0 aliphatic heterocycles. The van der Waals surface area contributed by atoms with E-state index in [1.807, 2.05) is 43.3 Å². The first-order chi connectivity index (χ1) is 9.49. The second-order valence-electron chi connectivity index (χ2n) is 4.70. The van der Waals surface area contributed by atoms with Crippen molar-refractivity contribution in [1.29, 1.82) is 0 Å². The van der Waals surface area contributed by atoms with E-state index in [0.717, 1.165) is 16.6 Å². The fourth-order valence-corrected chi connectivity index (χ4v) is 1.96. The third-order valence-corrected chi connectivity index (χ3v) is 3.41. The second-order valence-corrected chi connectivity index (χ2v) is 5.55. The smallest absolute Gasteiger partial charge is 0.239 e. The van der Waals surface area contributed by atoms with Crippen molar-refractivity contribution in [3.8, 4) is 0 Å². The van der Waals surface area contributed by atoms with Gasteiger partial charge < -0.3 is 15.5 Å². The standard InChI is InChI=1S/C14H20BrN3O2/c1-18(2)8-7-16-14(20)10-17-13(19)9-11-5-3-4-6-12(11)15/h3-6H,7-10H2,1-2H3,(H,16,20)(H,17,19). The maximum absolute atomic E-state index is 11.7. The molecule has 2 N–H and O–H groups in total. The number of halogens is 1. The summed E-state index contributed by atoms with van der Waals surface area (Å²) >= 11 is 3.39.